The maximum Gasteiger partial charge on any atom is 0.350 e. The molecule has 0 radical (unpaired) electrons. The van der Waals surface area contributed by atoms with Crippen molar-refractivity contribution in [1.29, 1.82) is 0 Å². The summed E-state index contributed by atoms with van der Waals surface area (Å²) in [6.45, 7) is 4.08. The van der Waals surface area contributed by atoms with Crippen LogP contribution in [0.25, 0.3) is 0 Å². The molecule has 0 bridgehead atoms. The van der Waals surface area contributed by atoms with Gasteiger partial charge < -0.3 is 24.8 Å². The predicted molar refractivity (Wildman–Crippen MR) is 81.6 cm³/mol. The van der Waals surface area contributed by atoms with Crippen molar-refractivity contribution in [3.63, 3.8) is 0 Å². The molecule has 0 saturated carbocycles. The molecule has 9 nitrogen and oxygen atoms in total. The van der Waals surface area contributed by atoms with Gasteiger partial charge in [0.15, 0.2) is 0 Å². The van der Waals surface area contributed by atoms with E-state index < -0.39 is 43.0 Å². The van der Waals surface area contributed by atoms with E-state index in [1.807, 2.05) is 0 Å². The average Bonchev–Trinajstić information content (AvgIpc) is 2.54. The second-order valence-electron chi connectivity index (χ2n) is 5.35. The molecule has 0 amide bonds. The second kappa shape index (κ2) is 13.1. The largest absolute Gasteiger partial charge is 0.460 e. The van der Waals surface area contributed by atoms with E-state index in [9.17, 15) is 19.8 Å². The molecular weight excluding hydrogens is 324 g/mol. The van der Waals surface area contributed by atoms with Gasteiger partial charge in [0, 0.05) is 0 Å². The topological polar surface area (TPSA) is 132 Å². The van der Waals surface area contributed by atoms with Crippen LogP contribution in [0.4, 0.5) is 0 Å². The number of rotatable bonds is 13. The molecule has 0 aliphatic carbocycles. The fourth-order valence-electron chi connectivity index (χ4n) is 1.34. The normalized spacial score (nSPS) is 16.1. The van der Waals surface area contributed by atoms with Crippen LogP contribution in [0.3, 0.4) is 0 Å². The Hall–Kier alpha value is -1.26. The minimum absolute atomic E-state index is 0.126. The van der Waals surface area contributed by atoms with Crippen molar-refractivity contribution in [3.8, 4) is 0 Å². The lowest BCUT2D eigenvalue weighted by molar-refractivity contribution is -0.313. The van der Waals surface area contributed by atoms with Crippen LogP contribution in [-0.2, 0) is 28.8 Å². The van der Waals surface area contributed by atoms with E-state index in [1.54, 1.807) is 13.8 Å². The first-order chi connectivity index (χ1) is 11.3. The zero-order valence-corrected chi connectivity index (χ0v) is 14.3. The van der Waals surface area contributed by atoms with Gasteiger partial charge in [-0.2, -0.15) is 0 Å². The molecule has 0 aliphatic heterocycles. The smallest absolute Gasteiger partial charge is 0.350 e. The van der Waals surface area contributed by atoms with Crippen LogP contribution >= 0.6 is 0 Å². The van der Waals surface area contributed by atoms with Crippen LogP contribution < -0.4 is 0 Å². The molecule has 3 N–H and O–H groups in total. The number of ether oxygens (including phenoxy) is 2. The first kappa shape index (κ1) is 22.7. The standard InChI is InChI=1S/C15H28O9/c1-4-11(17)6-14(19)24-13(9-23-22-7-10(3)16)15(20)21-8-12(18)5-2/h10-13,16-18H,4-9H2,1-3H3. The second-order valence-corrected chi connectivity index (χ2v) is 5.35. The Bertz CT molecular complexity index is 359. The highest BCUT2D eigenvalue weighted by Gasteiger charge is 2.27. The number of carbonyl (C=O) groups is 2. The highest BCUT2D eigenvalue weighted by molar-refractivity contribution is 5.79. The van der Waals surface area contributed by atoms with Crippen LogP contribution in [0.5, 0.6) is 0 Å². The van der Waals surface area contributed by atoms with E-state index in [0.29, 0.717) is 12.8 Å². The maximum atomic E-state index is 11.9. The summed E-state index contributed by atoms with van der Waals surface area (Å²) in [4.78, 5) is 33.0. The molecule has 0 spiro atoms. The molecule has 24 heavy (non-hydrogen) atoms. The quantitative estimate of drug-likeness (QED) is 0.177. The lowest BCUT2D eigenvalue weighted by Crippen LogP contribution is -2.36. The van der Waals surface area contributed by atoms with E-state index in [4.69, 9.17) is 19.5 Å². The van der Waals surface area contributed by atoms with Crippen LogP contribution in [0.2, 0.25) is 0 Å². The Kier molecular flexibility index (Phi) is 12.4. The van der Waals surface area contributed by atoms with Crippen LogP contribution in [0.1, 0.15) is 40.0 Å². The van der Waals surface area contributed by atoms with Crippen molar-refractivity contribution >= 4 is 11.9 Å². The van der Waals surface area contributed by atoms with Crippen LogP contribution in [0, 0.1) is 0 Å². The maximum absolute atomic E-state index is 11.9. The van der Waals surface area contributed by atoms with Gasteiger partial charge in [0.1, 0.15) is 19.8 Å². The van der Waals surface area contributed by atoms with Crippen molar-refractivity contribution in [2.24, 2.45) is 0 Å². The van der Waals surface area contributed by atoms with Gasteiger partial charge >= 0.3 is 11.9 Å². The third kappa shape index (κ3) is 11.3. The van der Waals surface area contributed by atoms with Gasteiger partial charge in [0.2, 0.25) is 6.10 Å². The predicted octanol–water partition coefficient (Wildman–Crippen LogP) is -0.298. The molecule has 0 aromatic heterocycles. The van der Waals surface area contributed by atoms with Crippen molar-refractivity contribution in [2.75, 3.05) is 19.8 Å². The minimum atomic E-state index is -1.40. The van der Waals surface area contributed by atoms with Gasteiger partial charge in [-0.15, -0.1) is 0 Å². The Morgan fingerprint density at radius 2 is 1.50 bits per heavy atom. The molecule has 4 atom stereocenters. The first-order valence-electron chi connectivity index (χ1n) is 7.94. The molecule has 0 saturated heterocycles. The lowest BCUT2D eigenvalue weighted by Gasteiger charge is -2.18. The van der Waals surface area contributed by atoms with Gasteiger partial charge in [-0.1, -0.05) is 13.8 Å². The van der Waals surface area contributed by atoms with Gasteiger partial charge in [-0.3, -0.25) is 4.79 Å². The Balaban J connectivity index is 4.51. The molecule has 142 valence electrons. The van der Waals surface area contributed by atoms with E-state index >= 15 is 0 Å². The molecule has 0 aromatic carbocycles. The van der Waals surface area contributed by atoms with Crippen molar-refractivity contribution in [2.45, 2.75) is 64.4 Å². The van der Waals surface area contributed by atoms with E-state index in [0.717, 1.165) is 0 Å². The zero-order chi connectivity index (χ0) is 18.5. The number of aliphatic hydroxyl groups excluding tert-OH is 3. The zero-order valence-electron chi connectivity index (χ0n) is 14.3. The molecule has 0 rings (SSSR count). The molecule has 9 heteroatoms. The van der Waals surface area contributed by atoms with Gasteiger partial charge in [0.25, 0.3) is 0 Å². The van der Waals surface area contributed by atoms with Gasteiger partial charge in [-0.25, -0.2) is 14.6 Å². The molecule has 0 aromatic rings. The average molecular weight is 352 g/mol. The summed E-state index contributed by atoms with van der Waals surface area (Å²) < 4.78 is 9.79. The van der Waals surface area contributed by atoms with E-state index in [2.05, 4.69) is 4.89 Å². The number of carbonyl (C=O) groups excluding carboxylic acids is 2. The summed E-state index contributed by atoms with van der Waals surface area (Å²) in [7, 11) is 0. The Morgan fingerprint density at radius 3 is 2.04 bits per heavy atom. The van der Waals surface area contributed by atoms with Crippen molar-refractivity contribution in [3.05, 3.63) is 0 Å². The van der Waals surface area contributed by atoms with Crippen LogP contribution in [0.15, 0.2) is 0 Å². The highest BCUT2D eigenvalue weighted by Crippen LogP contribution is 2.06. The lowest BCUT2D eigenvalue weighted by atomic mass is 10.2. The summed E-state index contributed by atoms with van der Waals surface area (Å²) >= 11 is 0. The number of hydrogen-bond donors (Lipinski definition) is 3. The van der Waals surface area contributed by atoms with Crippen LogP contribution in [-0.4, -0.2) is 71.5 Å². The fraction of sp³-hybridized carbons (Fsp3) is 0.867. The van der Waals surface area contributed by atoms with Gasteiger partial charge in [-0.05, 0) is 19.8 Å². The molecule has 4 unspecified atom stereocenters. The summed E-state index contributed by atoms with van der Waals surface area (Å²) in [5, 5.41) is 27.9. The number of hydrogen-bond acceptors (Lipinski definition) is 9. The summed E-state index contributed by atoms with van der Waals surface area (Å²) in [5.41, 5.74) is 0. The minimum Gasteiger partial charge on any atom is -0.460 e. The first-order valence-corrected chi connectivity index (χ1v) is 7.94. The molecule has 0 fully saturated rings. The molecular formula is C15H28O9. The molecule has 0 aliphatic rings. The monoisotopic (exact) mass is 352 g/mol. The number of aliphatic hydroxyl groups is 3. The summed E-state index contributed by atoms with van der Waals surface area (Å²) in [5.74, 6) is -1.69. The third-order valence-electron chi connectivity index (χ3n) is 2.91. The SMILES string of the molecule is CCC(O)COC(=O)C(COOCC(C)O)OC(=O)CC(O)CC. The van der Waals surface area contributed by atoms with Crippen molar-refractivity contribution in [1.82, 2.24) is 0 Å². The summed E-state index contributed by atoms with van der Waals surface area (Å²) in [6.07, 6.45) is -3.37. The summed E-state index contributed by atoms with van der Waals surface area (Å²) in [6, 6.07) is 0. The Morgan fingerprint density at radius 1 is 0.917 bits per heavy atom. The van der Waals surface area contributed by atoms with E-state index in [-0.39, 0.29) is 19.6 Å². The highest BCUT2D eigenvalue weighted by atomic mass is 17.2. The number of esters is 2. The van der Waals surface area contributed by atoms with Crippen molar-refractivity contribution < 1.29 is 44.2 Å². The van der Waals surface area contributed by atoms with Gasteiger partial charge in [0.05, 0.1) is 24.7 Å². The van der Waals surface area contributed by atoms with E-state index in [1.165, 1.54) is 6.92 Å². The third-order valence-corrected chi connectivity index (χ3v) is 2.91. The Labute approximate surface area is 141 Å². The molecule has 0 heterocycles. The fourth-order valence-corrected chi connectivity index (χ4v) is 1.34.